The monoisotopic (exact) mass is 518 g/mol. The molecule has 1 N–H and O–H groups in total. The fourth-order valence-electron chi connectivity index (χ4n) is 5.18. The van der Waals surface area contributed by atoms with Crippen LogP contribution in [0.3, 0.4) is 0 Å². The molecule has 204 valence electrons. The standard InChI is InChI=1S/C31H42N4O3/c1-7-10-16-35-26-14-12-11-13-24(26)25-20-23(21-32-15-17-34(8-2)9-3)33-29(30(25)35)22-18-27(36-4)31(38-6)28(19-22)37-5/h11-14,18-20,32H,7-10,15-17,21H2,1-6H3. The van der Waals surface area contributed by atoms with Gasteiger partial charge in [-0.2, -0.15) is 0 Å². The van der Waals surface area contributed by atoms with E-state index in [1.807, 2.05) is 12.1 Å². The molecular formula is C31H42N4O3. The summed E-state index contributed by atoms with van der Waals surface area (Å²) in [6, 6.07) is 14.9. The quantitative estimate of drug-likeness (QED) is 0.203. The van der Waals surface area contributed by atoms with Crippen molar-refractivity contribution in [3.8, 4) is 28.5 Å². The highest BCUT2D eigenvalue weighted by atomic mass is 16.5. The largest absolute Gasteiger partial charge is 0.493 e. The first kappa shape index (κ1) is 27.7. The number of benzene rings is 2. The maximum Gasteiger partial charge on any atom is 0.203 e. The van der Waals surface area contributed by atoms with E-state index >= 15 is 0 Å². The number of aryl methyl sites for hydroxylation is 1. The maximum atomic E-state index is 5.70. The normalized spacial score (nSPS) is 11.6. The molecule has 2 aromatic heterocycles. The van der Waals surface area contributed by atoms with Gasteiger partial charge in [0.2, 0.25) is 5.75 Å². The molecule has 0 aliphatic carbocycles. The van der Waals surface area contributed by atoms with Gasteiger partial charge >= 0.3 is 0 Å². The fraction of sp³-hybridized carbons (Fsp3) is 0.452. The summed E-state index contributed by atoms with van der Waals surface area (Å²) in [6.07, 6.45) is 2.21. The smallest absolute Gasteiger partial charge is 0.203 e. The van der Waals surface area contributed by atoms with E-state index in [-0.39, 0.29) is 0 Å². The first-order valence-corrected chi connectivity index (χ1v) is 13.7. The van der Waals surface area contributed by atoms with Crippen LogP contribution in [0.15, 0.2) is 42.5 Å². The summed E-state index contributed by atoms with van der Waals surface area (Å²) in [5.41, 5.74) is 5.25. The Labute approximate surface area is 226 Å². The number of nitrogens with zero attached hydrogens (tertiary/aromatic N) is 3. The van der Waals surface area contributed by atoms with E-state index in [0.29, 0.717) is 23.8 Å². The lowest BCUT2D eigenvalue weighted by molar-refractivity contribution is 0.302. The van der Waals surface area contributed by atoms with Crippen LogP contribution < -0.4 is 19.5 Å². The molecule has 0 radical (unpaired) electrons. The van der Waals surface area contributed by atoms with Crippen LogP contribution in [0.1, 0.15) is 39.3 Å². The molecule has 0 spiro atoms. The van der Waals surface area contributed by atoms with Gasteiger partial charge in [0.15, 0.2) is 11.5 Å². The summed E-state index contributed by atoms with van der Waals surface area (Å²) in [5.74, 6) is 1.82. The Kier molecular flexibility index (Phi) is 9.48. The predicted octanol–water partition coefficient (Wildman–Crippen LogP) is 6.11. The van der Waals surface area contributed by atoms with Crippen LogP contribution >= 0.6 is 0 Å². The maximum absolute atomic E-state index is 5.70. The predicted molar refractivity (Wildman–Crippen MR) is 157 cm³/mol. The molecule has 4 aromatic rings. The van der Waals surface area contributed by atoms with Gasteiger partial charge in [-0.3, -0.25) is 0 Å². The molecule has 38 heavy (non-hydrogen) atoms. The molecule has 4 rings (SSSR count). The highest BCUT2D eigenvalue weighted by molar-refractivity contribution is 6.12. The Balaban J connectivity index is 1.89. The van der Waals surface area contributed by atoms with Gasteiger partial charge in [0, 0.05) is 48.0 Å². The van der Waals surface area contributed by atoms with Crippen LogP contribution in [0.4, 0.5) is 0 Å². The average Bonchev–Trinajstić information content (AvgIpc) is 3.28. The molecule has 0 saturated heterocycles. The van der Waals surface area contributed by atoms with Crippen LogP contribution in [0.2, 0.25) is 0 Å². The van der Waals surface area contributed by atoms with Crippen LogP contribution in [0.5, 0.6) is 17.2 Å². The summed E-state index contributed by atoms with van der Waals surface area (Å²) in [4.78, 5) is 7.67. The Hall–Kier alpha value is -3.29. The van der Waals surface area contributed by atoms with Gasteiger partial charge in [-0.1, -0.05) is 45.4 Å². The molecule has 0 fully saturated rings. The lowest BCUT2D eigenvalue weighted by Gasteiger charge is -2.18. The molecule has 7 nitrogen and oxygen atoms in total. The van der Waals surface area contributed by atoms with Crippen molar-refractivity contribution in [3.05, 3.63) is 48.2 Å². The number of likely N-dealkylation sites (N-methyl/N-ethyl adjacent to an activating group) is 1. The van der Waals surface area contributed by atoms with Gasteiger partial charge in [-0.15, -0.1) is 0 Å². The van der Waals surface area contributed by atoms with Crippen molar-refractivity contribution < 1.29 is 14.2 Å². The number of ether oxygens (including phenoxy) is 3. The highest BCUT2D eigenvalue weighted by Gasteiger charge is 2.21. The van der Waals surface area contributed by atoms with E-state index in [9.17, 15) is 0 Å². The molecule has 0 amide bonds. The minimum absolute atomic E-state index is 0.579. The molecule has 2 heterocycles. The summed E-state index contributed by atoms with van der Waals surface area (Å²) >= 11 is 0. The van der Waals surface area contributed by atoms with E-state index in [2.05, 4.69) is 65.9 Å². The van der Waals surface area contributed by atoms with Crippen LogP contribution in [0, 0.1) is 0 Å². The van der Waals surface area contributed by atoms with E-state index in [1.54, 1.807) is 21.3 Å². The minimum atomic E-state index is 0.579. The van der Waals surface area contributed by atoms with Crippen LogP contribution in [-0.4, -0.2) is 62.0 Å². The van der Waals surface area contributed by atoms with Crippen molar-refractivity contribution in [1.29, 1.82) is 0 Å². The molecular weight excluding hydrogens is 476 g/mol. The topological polar surface area (TPSA) is 60.8 Å². The number of aromatic nitrogens is 2. The van der Waals surface area contributed by atoms with Gasteiger partial charge < -0.3 is 29.0 Å². The minimum Gasteiger partial charge on any atom is -0.493 e. The number of methoxy groups -OCH3 is 3. The van der Waals surface area contributed by atoms with Crippen molar-refractivity contribution in [2.24, 2.45) is 0 Å². The number of para-hydroxylation sites is 1. The highest BCUT2D eigenvalue weighted by Crippen LogP contribution is 2.43. The summed E-state index contributed by atoms with van der Waals surface area (Å²) in [6.45, 7) is 12.3. The van der Waals surface area contributed by atoms with Gasteiger partial charge in [-0.05, 0) is 43.8 Å². The zero-order chi connectivity index (χ0) is 27.1. The van der Waals surface area contributed by atoms with Crippen molar-refractivity contribution >= 4 is 21.8 Å². The zero-order valence-corrected chi connectivity index (χ0v) is 23.8. The Morgan fingerprint density at radius 2 is 1.61 bits per heavy atom. The zero-order valence-electron chi connectivity index (χ0n) is 23.8. The second kappa shape index (κ2) is 13.0. The van der Waals surface area contributed by atoms with Gasteiger partial charge in [0.05, 0.1) is 38.2 Å². The molecule has 0 unspecified atom stereocenters. The van der Waals surface area contributed by atoms with Crippen LogP contribution in [-0.2, 0) is 13.1 Å². The number of nitrogens with one attached hydrogen (secondary N) is 1. The number of hydrogen-bond acceptors (Lipinski definition) is 6. The molecule has 7 heteroatoms. The van der Waals surface area contributed by atoms with Gasteiger partial charge in [-0.25, -0.2) is 4.98 Å². The first-order valence-electron chi connectivity index (χ1n) is 13.7. The van der Waals surface area contributed by atoms with Crippen LogP contribution in [0.25, 0.3) is 33.1 Å². The molecule has 0 aliphatic heterocycles. The molecule has 0 atom stereocenters. The van der Waals surface area contributed by atoms with Crippen molar-refractivity contribution in [2.45, 2.75) is 46.7 Å². The molecule has 2 aromatic carbocycles. The lowest BCUT2D eigenvalue weighted by atomic mass is 10.0. The SMILES string of the molecule is CCCCn1c2ccccc2c2cc(CNCCN(CC)CC)nc(-c3cc(OC)c(OC)c(OC)c3)c21. The van der Waals surface area contributed by atoms with Crippen molar-refractivity contribution in [2.75, 3.05) is 47.5 Å². The third kappa shape index (κ3) is 5.59. The number of hydrogen-bond donors (Lipinski definition) is 1. The van der Waals surface area contributed by atoms with Gasteiger partial charge in [0.1, 0.15) is 0 Å². The van der Waals surface area contributed by atoms with Gasteiger partial charge in [0.25, 0.3) is 0 Å². The summed E-state index contributed by atoms with van der Waals surface area (Å²) in [7, 11) is 4.93. The molecule has 0 bridgehead atoms. The number of fused-ring (bicyclic) bond motifs is 3. The fourth-order valence-corrected chi connectivity index (χ4v) is 5.18. The van der Waals surface area contributed by atoms with E-state index < -0.39 is 0 Å². The van der Waals surface area contributed by atoms with E-state index in [1.165, 1.54) is 16.3 Å². The Bertz CT molecular complexity index is 1340. The summed E-state index contributed by atoms with van der Waals surface area (Å²) in [5, 5.41) is 6.08. The number of unbranched alkanes of at least 4 members (excludes halogenated alkanes) is 1. The van der Waals surface area contributed by atoms with E-state index in [0.717, 1.165) is 68.0 Å². The second-order valence-electron chi connectivity index (χ2n) is 9.50. The Morgan fingerprint density at radius 3 is 2.24 bits per heavy atom. The Morgan fingerprint density at radius 1 is 0.895 bits per heavy atom. The van der Waals surface area contributed by atoms with Crippen molar-refractivity contribution in [1.82, 2.24) is 19.8 Å². The lowest BCUT2D eigenvalue weighted by Crippen LogP contribution is -2.31. The summed E-state index contributed by atoms with van der Waals surface area (Å²) < 4.78 is 19.4. The first-order chi connectivity index (χ1) is 18.6. The number of rotatable bonds is 14. The third-order valence-corrected chi connectivity index (χ3v) is 7.28. The second-order valence-corrected chi connectivity index (χ2v) is 9.50. The van der Waals surface area contributed by atoms with Crippen molar-refractivity contribution in [3.63, 3.8) is 0 Å². The number of pyridine rings is 1. The van der Waals surface area contributed by atoms with E-state index in [4.69, 9.17) is 19.2 Å². The molecule has 0 aliphatic rings. The molecule has 0 saturated carbocycles. The average molecular weight is 519 g/mol. The third-order valence-electron chi connectivity index (χ3n) is 7.28.